The molecule has 2 heterocycles. The molecule has 0 saturated heterocycles. The van der Waals surface area contributed by atoms with E-state index in [0.717, 1.165) is 17.5 Å². The van der Waals surface area contributed by atoms with E-state index in [0.29, 0.717) is 19.6 Å². The number of aryl methyl sites for hydroxylation is 1. The summed E-state index contributed by atoms with van der Waals surface area (Å²) in [6.45, 7) is 3.77. The van der Waals surface area contributed by atoms with E-state index in [1.807, 2.05) is 43.4 Å². The molecular weight excluding hydrogens is 392 g/mol. The number of likely N-dealkylation sites (N-methyl/N-ethyl adjacent to an activating group) is 1. The maximum absolute atomic E-state index is 13.2. The molecule has 30 heavy (non-hydrogen) atoms. The van der Waals surface area contributed by atoms with Gasteiger partial charge in [0.25, 0.3) is 0 Å². The van der Waals surface area contributed by atoms with Crippen molar-refractivity contribution >= 4 is 17.4 Å². The van der Waals surface area contributed by atoms with Crippen molar-refractivity contribution in [3.63, 3.8) is 0 Å². The number of benzene rings is 1. The second-order valence-corrected chi connectivity index (χ2v) is 8.55. The zero-order valence-corrected chi connectivity index (χ0v) is 18.7. The molecule has 0 spiro atoms. The van der Waals surface area contributed by atoms with Crippen LogP contribution >= 0.6 is 11.3 Å². The van der Waals surface area contributed by atoms with Crippen molar-refractivity contribution in [1.29, 1.82) is 0 Å². The molecule has 5 nitrogen and oxygen atoms in total. The first-order valence-electron chi connectivity index (χ1n) is 10.3. The van der Waals surface area contributed by atoms with Crippen LogP contribution in [0.25, 0.3) is 0 Å². The summed E-state index contributed by atoms with van der Waals surface area (Å²) in [5.74, 6) is 0. The van der Waals surface area contributed by atoms with Crippen LogP contribution in [0.5, 0.6) is 0 Å². The van der Waals surface area contributed by atoms with E-state index in [9.17, 15) is 4.79 Å². The largest absolute Gasteiger partial charge is 0.336 e. The molecule has 3 aromatic rings. The summed E-state index contributed by atoms with van der Waals surface area (Å²) < 4.78 is 0. The van der Waals surface area contributed by atoms with Crippen LogP contribution in [0.4, 0.5) is 4.79 Å². The number of pyridine rings is 1. The normalized spacial score (nSPS) is 12.0. The monoisotopic (exact) mass is 422 g/mol. The second-order valence-electron chi connectivity index (χ2n) is 7.57. The summed E-state index contributed by atoms with van der Waals surface area (Å²) in [6.07, 6.45) is 4.57. The van der Waals surface area contributed by atoms with Crippen molar-refractivity contribution in [2.75, 3.05) is 20.6 Å². The molecule has 1 atom stereocenters. The molecule has 158 valence electrons. The number of thiophene rings is 1. The topological polar surface area (TPSA) is 48.5 Å². The minimum atomic E-state index is -0.0678. The third kappa shape index (κ3) is 6.15. The van der Waals surface area contributed by atoms with Gasteiger partial charge in [-0.2, -0.15) is 0 Å². The molecular formula is C24H30N4OS. The molecule has 0 unspecified atom stereocenters. The fourth-order valence-electron chi connectivity index (χ4n) is 3.33. The minimum Gasteiger partial charge on any atom is -0.336 e. The molecule has 0 aliphatic heterocycles. The van der Waals surface area contributed by atoms with Crippen LogP contribution in [0.15, 0.2) is 66.3 Å². The molecule has 2 aromatic heterocycles. The number of nitrogens with zero attached hydrogens (tertiary/aromatic N) is 3. The van der Waals surface area contributed by atoms with Crippen LogP contribution < -0.4 is 5.32 Å². The Kier molecular flexibility index (Phi) is 7.99. The van der Waals surface area contributed by atoms with Gasteiger partial charge < -0.3 is 15.1 Å². The number of carbonyl (C=O) groups excluding carboxylic acids is 1. The van der Waals surface area contributed by atoms with Gasteiger partial charge in [0.1, 0.15) is 0 Å². The van der Waals surface area contributed by atoms with Gasteiger partial charge in [-0.3, -0.25) is 4.98 Å². The summed E-state index contributed by atoms with van der Waals surface area (Å²) >= 11 is 1.71. The zero-order valence-electron chi connectivity index (χ0n) is 17.9. The minimum absolute atomic E-state index is 0.0678. The van der Waals surface area contributed by atoms with Gasteiger partial charge in [-0.05, 0) is 54.7 Å². The van der Waals surface area contributed by atoms with Gasteiger partial charge in [-0.1, -0.05) is 43.3 Å². The molecule has 0 saturated carbocycles. The SMILES string of the molecule is CCc1ccc(CN(Cc2cccnc2)C(=O)NC[C@@H](c2cccs2)N(C)C)cc1. The first kappa shape index (κ1) is 22.0. The predicted octanol–water partition coefficient (Wildman–Crippen LogP) is 4.72. The summed E-state index contributed by atoms with van der Waals surface area (Å²) in [5, 5.41) is 5.22. The summed E-state index contributed by atoms with van der Waals surface area (Å²) in [5.41, 5.74) is 3.43. The Morgan fingerprint density at radius 3 is 2.37 bits per heavy atom. The maximum atomic E-state index is 13.2. The van der Waals surface area contributed by atoms with Crippen molar-refractivity contribution in [2.24, 2.45) is 0 Å². The Morgan fingerprint density at radius 1 is 1.03 bits per heavy atom. The molecule has 2 amide bonds. The van der Waals surface area contributed by atoms with Crippen molar-refractivity contribution < 1.29 is 4.79 Å². The van der Waals surface area contributed by atoms with Crippen LogP contribution in [-0.2, 0) is 19.5 Å². The second kappa shape index (κ2) is 10.9. The highest BCUT2D eigenvalue weighted by atomic mass is 32.1. The van der Waals surface area contributed by atoms with Gasteiger partial charge in [0.2, 0.25) is 0 Å². The van der Waals surface area contributed by atoms with Gasteiger partial charge >= 0.3 is 6.03 Å². The fourth-order valence-corrected chi connectivity index (χ4v) is 4.25. The van der Waals surface area contributed by atoms with Crippen molar-refractivity contribution in [3.8, 4) is 0 Å². The quantitative estimate of drug-likeness (QED) is 0.543. The maximum Gasteiger partial charge on any atom is 0.318 e. The average Bonchev–Trinajstić information content (AvgIpc) is 3.29. The van der Waals surface area contributed by atoms with Gasteiger partial charge in [-0.25, -0.2) is 4.79 Å². The third-order valence-corrected chi connectivity index (χ3v) is 6.10. The smallest absolute Gasteiger partial charge is 0.318 e. The Bertz CT molecular complexity index is 895. The number of carbonyl (C=O) groups is 1. The lowest BCUT2D eigenvalue weighted by molar-refractivity contribution is 0.187. The number of hydrogen-bond acceptors (Lipinski definition) is 4. The Labute approximate surface area is 183 Å². The summed E-state index contributed by atoms with van der Waals surface area (Å²) in [6, 6.07) is 16.6. The van der Waals surface area contributed by atoms with Crippen LogP contribution in [-0.4, -0.2) is 41.5 Å². The Morgan fingerprint density at radius 2 is 1.77 bits per heavy atom. The molecule has 6 heteroatoms. The number of rotatable bonds is 9. The van der Waals surface area contributed by atoms with E-state index in [1.165, 1.54) is 10.4 Å². The van der Waals surface area contributed by atoms with Gasteiger partial charge in [0.05, 0.1) is 6.04 Å². The molecule has 1 N–H and O–H groups in total. The molecule has 0 aliphatic rings. The van der Waals surface area contributed by atoms with Crippen LogP contribution in [0.3, 0.4) is 0 Å². The van der Waals surface area contributed by atoms with E-state index in [2.05, 4.69) is 57.8 Å². The van der Waals surface area contributed by atoms with Gasteiger partial charge in [-0.15, -0.1) is 11.3 Å². The van der Waals surface area contributed by atoms with E-state index >= 15 is 0 Å². The summed E-state index contributed by atoms with van der Waals surface area (Å²) in [4.78, 5) is 22.6. The highest BCUT2D eigenvalue weighted by Gasteiger charge is 2.19. The van der Waals surface area contributed by atoms with Crippen LogP contribution in [0.1, 0.15) is 34.5 Å². The lowest BCUT2D eigenvalue weighted by Crippen LogP contribution is -2.42. The molecule has 1 aromatic carbocycles. The van der Waals surface area contributed by atoms with Gasteiger partial charge in [0, 0.05) is 36.9 Å². The fraction of sp³-hybridized carbons (Fsp3) is 0.333. The van der Waals surface area contributed by atoms with E-state index in [4.69, 9.17) is 0 Å². The van der Waals surface area contributed by atoms with Crippen molar-refractivity contribution in [3.05, 3.63) is 87.9 Å². The average molecular weight is 423 g/mol. The predicted molar refractivity (Wildman–Crippen MR) is 123 cm³/mol. The van der Waals surface area contributed by atoms with Gasteiger partial charge in [0.15, 0.2) is 0 Å². The van der Waals surface area contributed by atoms with Crippen molar-refractivity contribution in [2.45, 2.75) is 32.5 Å². The van der Waals surface area contributed by atoms with E-state index in [-0.39, 0.29) is 12.1 Å². The number of amides is 2. The van der Waals surface area contributed by atoms with Crippen LogP contribution in [0, 0.1) is 0 Å². The van der Waals surface area contributed by atoms with E-state index in [1.54, 1.807) is 17.5 Å². The summed E-state index contributed by atoms with van der Waals surface area (Å²) in [7, 11) is 4.08. The van der Waals surface area contributed by atoms with Crippen molar-refractivity contribution in [1.82, 2.24) is 20.1 Å². The molecule has 3 rings (SSSR count). The van der Waals surface area contributed by atoms with E-state index < -0.39 is 0 Å². The molecule has 0 bridgehead atoms. The number of hydrogen-bond donors (Lipinski definition) is 1. The molecule has 0 aliphatic carbocycles. The number of urea groups is 1. The number of aromatic nitrogens is 1. The first-order valence-corrected chi connectivity index (χ1v) is 11.1. The Hall–Kier alpha value is -2.70. The lowest BCUT2D eigenvalue weighted by atomic mass is 10.1. The third-order valence-electron chi connectivity index (χ3n) is 5.13. The lowest BCUT2D eigenvalue weighted by Gasteiger charge is -2.27. The Balaban J connectivity index is 1.71. The van der Waals surface area contributed by atoms with Crippen LogP contribution in [0.2, 0.25) is 0 Å². The highest BCUT2D eigenvalue weighted by Crippen LogP contribution is 2.22. The molecule has 0 fully saturated rings. The standard InChI is InChI=1S/C24H30N4OS/c1-4-19-9-11-20(12-10-19)17-28(18-21-7-5-13-25-15-21)24(29)26-16-22(27(2)3)23-8-6-14-30-23/h5-15,22H,4,16-18H2,1-3H3,(H,26,29)/t22-/m0/s1. The first-order chi connectivity index (χ1) is 14.6. The number of nitrogens with one attached hydrogen (secondary N) is 1. The molecule has 0 radical (unpaired) electrons. The highest BCUT2D eigenvalue weighted by molar-refractivity contribution is 7.10. The zero-order chi connectivity index (χ0) is 21.3.